The van der Waals surface area contributed by atoms with Crippen LogP contribution in [-0.4, -0.2) is 69.4 Å². The molecule has 2 unspecified atom stereocenters. The third kappa shape index (κ3) is 15.2. The number of para-hydroxylation sites is 5. The molecule has 16 aromatic rings. The number of nitriles is 4. The van der Waals surface area contributed by atoms with Gasteiger partial charge in [-0.1, -0.05) is 201 Å². The minimum absolute atomic E-state index is 0.0485. The monoisotopic (exact) mass is 1490 g/mol. The molecule has 0 N–H and O–H groups in total. The maximum Gasteiger partial charge on any atom is 1.20 e. The largest absolute Gasteiger partial charge is 1.20 e. The van der Waals surface area contributed by atoms with Gasteiger partial charge >= 0.3 is 15.1 Å². The van der Waals surface area contributed by atoms with Gasteiger partial charge in [0.15, 0.2) is 22.8 Å². The molecule has 2 atom stereocenters. The van der Waals surface area contributed by atoms with Crippen LogP contribution in [0.5, 0.6) is 17.2 Å². The molecule has 0 spiro atoms. The van der Waals surface area contributed by atoms with Crippen molar-refractivity contribution in [1.82, 2.24) is 34.9 Å². The van der Waals surface area contributed by atoms with Gasteiger partial charge in [-0.25, -0.2) is 9.97 Å². The van der Waals surface area contributed by atoms with Gasteiger partial charge in [0, 0.05) is 68.3 Å². The van der Waals surface area contributed by atoms with Gasteiger partial charge in [-0.15, -0.1) is 9.97 Å². The van der Waals surface area contributed by atoms with Crippen molar-refractivity contribution in [2.45, 2.75) is 12.1 Å². The number of nitrogens with zero attached hydrogens (tertiary/aromatic N) is 18. The van der Waals surface area contributed by atoms with Gasteiger partial charge in [0.2, 0.25) is 11.4 Å². The molecule has 2 aliphatic rings. The molecule has 21 nitrogen and oxygen atoms in total. The van der Waals surface area contributed by atoms with Crippen molar-refractivity contribution in [3.05, 3.63) is 349 Å². The second-order valence-electron chi connectivity index (χ2n) is 25.0. The van der Waals surface area contributed by atoms with E-state index >= 15 is 0 Å². The zero-order valence-electron chi connectivity index (χ0n) is 59.5. The minimum Gasteiger partial charge on any atom is -0.576 e. The summed E-state index contributed by atoms with van der Waals surface area (Å²) in [5.41, 5.74) is 10.8. The van der Waals surface area contributed by atoms with Crippen LogP contribution in [0.2, 0.25) is 0 Å². The summed E-state index contributed by atoms with van der Waals surface area (Å²) >= 11 is -2.86. The number of aromatic nitrogens is 7. The van der Waals surface area contributed by atoms with Crippen molar-refractivity contribution in [3.63, 3.8) is 0 Å². The van der Waals surface area contributed by atoms with Gasteiger partial charge in [0.05, 0.1) is 17.1 Å². The van der Waals surface area contributed by atoms with Crippen molar-refractivity contribution in [2.24, 2.45) is 14.6 Å². The molecule has 0 bridgehead atoms. The van der Waals surface area contributed by atoms with E-state index in [-0.39, 0.29) is 57.2 Å². The lowest BCUT2D eigenvalue weighted by molar-refractivity contribution is 0.311. The third-order valence-electron chi connectivity index (χ3n) is 18.4. The maximum atomic E-state index is 9.32. The Kier molecular flexibility index (Phi) is 21.7. The first-order chi connectivity index (χ1) is 55.7. The summed E-state index contributed by atoms with van der Waals surface area (Å²) in [6, 6.07) is 104. The number of hydrogen-bond acceptors (Lipinski definition) is 19. The summed E-state index contributed by atoms with van der Waals surface area (Å²) in [4.78, 5) is 49.8. The molecule has 18 rings (SSSR count). The van der Waals surface area contributed by atoms with Crippen LogP contribution < -0.4 is 21.2 Å². The van der Waals surface area contributed by atoms with Crippen LogP contribution in [0, 0.1) is 58.5 Å². The zero-order chi connectivity index (χ0) is 77.6. The molecule has 0 amide bonds. The molecule has 6 heterocycles. The van der Waals surface area contributed by atoms with Gasteiger partial charge in [0.25, 0.3) is 19.6 Å². The average molecular weight is 1490 g/mol. The molecule has 0 saturated heterocycles. The molecule has 1 aliphatic heterocycles. The molecule has 528 valence electrons. The Morgan fingerprint density at radius 3 is 1.12 bits per heavy atom. The molecule has 1 aliphatic carbocycles. The van der Waals surface area contributed by atoms with E-state index in [1.165, 1.54) is 32.7 Å². The predicted molar refractivity (Wildman–Crippen MR) is 442 cm³/mol. The van der Waals surface area contributed by atoms with Crippen LogP contribution in [0.15, 0.2) is 318 Å². The average Bonchev–Trinajstić information content (AvgIpc) is 0.728. The minimum atomic E-state index is -2.86. The lowest BCUT2D eigenvalue weighted by atomic mass is 9.89. The Bertz CT molecular complexity index is 6190. The molecule has 2 radical (unpaired) electrons. The zero-order valence-corrected chi connectivity index (χ0v) is 61.6. The lowest BCUT2D eigenvalue weighted by Crippen LogP contribution is -2.37. The molecule has 113 heavy (non-hydrogen) atoms. The van der Waals surface area contributed by atoms with Crippen molar-refractivity contribution < 1.29 is 11.4 Å². The molecule has 24 heteroatoms. The van der Waals surface area contributed by atoms with Crippen molar-refractivity contribution >= 4 is 144 Å². The number of pyridine rings is 3. The summed E-state index contributed by atoms with van der Waals surface area (Å²) in [5, 5.41) is 45.1. The van der Waals surface area contributed by atoms with E-state index in [9.17, 15) is 21.0 Å². The van der Waals surface area contributed by atoms with Crippen molar-refractivity contribution in [2.75, 3.05) is 9.80 Å². The standard InChI is InChI=1S/C44H32N2.C18H2N12.3C9H7NO.Al.BHNP/c1-3-17-37(18-4-1)45(43-23-11-15-35-13-7-9-21-41(35)43)39-29-25-33(26-30-39)34-27-31-40(32-28-34)46(38-19-5-2-6-20-38)44-24-12-16-36-14-8-10-22-42(36)44;1-23-17-18(24-2)30-16-14-12(26-8(4-20)10(6-22)28-14)11-13(15(16)29-17)27-9(5-21)7(3-19)25-11;3*11-8-5-1-3-7-4-2-6-10-9(7)8;;1-2-3/h1-32H;11,13H;3*1-6,11H;;3H/q;;;;;+3;/p-3. The number of hydrogen-bond donors (Lipinski definition) is 0. The van der Waals surface area contributed by atoms with Crippen molar-refractivity contribution in [3.8, 4) is 64.0 Å². The fourth-order valence-corrected chi connectivity index (χ4v) is 14.7. The molecule has 0 saturated carbocycles. The van der Waals surface area contributed by atoms with Gasteiger partial charge in [-0.05, 0) is 128 Å². The molecular weight excluding hydrogens is 1440 g/mol. The highest BCUT2D eigenvalue weighted by atomic mass is 31.0. The van der Waals surface area contributed by atoms with E-state index in [4.69, 9.17) is 24.5 Å². The lowest BCUT2D eigenvalue weighted by Gasteiger charge is -2.27. The summed E-state index contributed by atoms with van der Waals surface area (Å²) in [7, 11) is 6.97. The van der Waals surface area contributed by atoms with Crippen LogP contribution in [0.4, 0.5) is 45.8 Å². The second kappa shape index (κ2) is 33.6. The number of benzene rings is 11. The van der Waals surface area contributed by atoms with E-state index in [0.717, 1.165) is 66.8 Å². The Labute approximate surface area is 656 Å². The quantitative estimate of drug-likeness (QED) is 0.0590. The number of aliphatic imine (C=N–C) groups is 2. The Morgan fingerprint density at radius 2 is 0.717 bits per heavy atom. The predicted octanol–water partition coefficient (Wildman–Crippen LogP) is 20.7. The Hall–Kier alpha value is -15.7. The Balaban J connectivity index is 0.000000135. The van der Waals surface area contributed by atoms with E-state index < -0.39 is 27.2 Å². The van der Waals surface area contributed by atoms with Gasteiger partial charge in [-0.2, -0.15) is 21.0 Å². The van der Waals surface area contributed by atoms with Crippen LogP contribution >= 0.6 is 9.03 Å². The van der Waals surface area contributed by atoms with Crippen LogP contribution in [0.1, 0.15) is 34.9 Å². The first-order valence-electron chi connectivity index (χ1n) is 35.0. The SMILES string of the molecule is [B]N=P.[C-]#[N+]c1nc2c(nc1[N+]#[C-])C1N=C(C#N)C(C#N)=NC1c1nc(C#N)c(C#N)nc1-2.c1ccc(N(c2ccc(-c3ccc(N(c4ccccc4)c4cccc5ccccc45)cc3)cc2)c2cccc3ccccc23)cc1.c1cnc2c([O][Al]([O]c3cccc4cccnc34)[O]c3cccc4cccnc34)cccc2c1. The first-order valence-corrected chi connectivity index (χ1v) is 36.9. The van der Waals surface area contributed by atoms with Crippen LogP contribution in [0.3, 0.4) is 0 Å². The highest BCUT2D eigenvalue weighted by molar-refractivity contribution is 7.05. The van der Waals surface area contributed by atoms with Crippen LogP contribution in [0.25, 0.3) is 86.5 Å². The normalized spacial score (nSPS) is 12.5. The highest BCUT2D eigenvalue weighted by Gasteiger charge is 2.47. The van der Waals surface area contributed by atoms with E-state index in [2.05, 4.69) is 280 Å². The number of fused-ring (bicyclic) bond motifs is 11. The van der Waals surface area contributed by atoms with E-state index in [0.29, 0.717) is 17.2 Å². The van der Waals surface area contributed by atoms with Crippen molar-refractivity contribution in [1.29, 1.82) is 21.0 Å². The molecular formula is C89H53AlBN18O3P. The summed E-state index contributed by atoms with van der Waals surface area (Å²) in [5.74, 6) is 1.28. The Morgan fingerprint density at radius 1 is 0.381 bits per heavy atom. The summed E-state index contributed by atoms with van der Waals surface area (Å²) in [6.45, 7) is 14.5. The summed E-state index contributed by atoms with van der Waals surface area (Å²) in [6.07, 6.45) is 5.24. The topological polar surface area (TPSA) is 265 Å². The molecule has 0 fully saturated rings. The molecule has 11 aromatic carbocycles. The highest BCUT2D eigenvalue weighted by Crippen LogP contribution is 2.49. The maximum absolute atomic E-state index is 9.32. The third-order valence-corrected chi connectivity index (χ3v) is 19.7. The van der Waals surface area contributed by atoms with Gasteiger partial charge in [-0.3, -0.25) is 24.9 Å². The fourth-order valence-electron chi connectivity index (χ4n) is 13.4. The second-order valence-corrected chi connectivity index (χ2v) is 26.5. The molecule has 5 aromatic heterocycles. The number of rotatable bonds is 13. The fraction of sp³-hybridized carbons (Fsp3) is 0.0225. The van der Waals surface area contributed by atoms with E-state index in [1.54, 1.807) is 42.9 Å². The summed E-state index contributed by atoms with van der Waals surface area (Å²) < 4.78 is 22.0. The van der Waals surface area contributed by atoms with Crippen LogP contribution in [-0.2, 0) is 0 Å². The smallest absolute Gasteiger partial charge is 0.576 e. The van der Waals surface area contributed by atoms with Gasteiger partial charge < -0.3 is 35.5 Å². The first kappa shape index (κ1) is 72.8. The van der Waals surface area contributed by atoms with Gasteiger partial charge in [0.1, 0.15) is 75.9 Å². The van der Waals surface area contributed by atoms with E-state index in [1.807, 2.05) is 91.0 Å². The number of anilines is 6.